The van der Waals surface area contributed by atoms with Gasteiger partial charge in [0.2, 0.25) is 5.89 Å². The van der Waals surface area contributed by atoms with Crippen LogP contribution in [-0.2, 0) is 11.2 Å². The zero-order valence-electron chi connectivity index (χ0n) is 17.2. The monoisotopic (exact) mass is 500 g/mol. The van der Waals surface area contributed by atoms with E-state index in [0.29, 0.717) is 5.89 Å². The van der Waals surface area contributed by atoms with Crippen LogP contribution in [0.5, 0.6) is 0 Å². The molecule has 0 fully saturated rings. The van der Waals surface area contributed by atoms with Crippen LogP contribution in [0.4, 0.5) is 0 Å². The van der Waals surface area contributed by atoms with Crippen molar-refractivity contribution < 1.29 is 9.15 Å². The van der Waals surface area contributed by atoms with Crippen molar-refractivity contribution in [2.75, 3.05) is 33.4 Å². The Kier molecular flexibility index (Phi) is 12.6. The Morgan fingerprint density at radius 1 is 1.11 bits per heavy atom. The van der Waals surface area contributed by atoms with Crippen molar-refractivity contribution in [2.45, 2.75) is 39.5 Å². The number of ether oxygens (including phenoxy) is 1. The Morgan fingerprint density at radius 3 is 2.54 bits per heavy atom. The molecule has 2 N–H and O–H groups in total. The van der Waals surface area contributed by atoms with Gasteiger partial charge in [0.25, 0.3) is 0 Å². The molecule has 1 aromatic heterocycles. The van der Waals surface area contributed by atoms with Crippen molar-refractivity contribution in [3.8, 4) is 11.5 Å². The zero-order valence-corrected chi connectivity index (χ0v) is 19.5. The second-order valence-corrected chi connectivity index (χ2v) is 6.51. The fraction of sp³-hybridized carbons (Fsp3) is 0.524. The SMILES string of the molecule is CCCCOCCCNC(=NC)NCCc1coc(-c2ccc(C)cc2)n1.I. The Hall–Kier alpha value is -1.61. The van der Waals surface area contributed by atoms with Crippen molar-refractivity contribution in [3.05, 3.63) is 41.8 Å². The van der Waals surface area contributed by atoms with E-state index < -0.39 is 0 Å². The van der Waals surface area contributed by atoms with Gasteiger partial charge in [0, 0.05) is 45.3 Å². The molecule has 0 aliphatic rings. The highest BCUT2D eigenvalue weighted by atomic mass is 127. The van der Waals surface area contributed by atoms with Crippen LogP contribution in [0.1, 0.15) is 37.4 Å². The number of nitrogens with zero attached hydrogens (tertiary/aromatic N) is 2. The maximum Gasteiger partial charge on any atom is 0.226 e. The second kappa shape index (κ2) is 14.4. The molecule has 28 heavy (non-hydrogen) atoms. The highest BCUT2D eigenvalue weighted by molar-refractivity contribution is 14.0. The topological polar surface area (TPSA) is 71.7 Å². The number of benzene rings is 1. The number of guanidine groups is 1. The molecule has 6 nitrogen and oxygen atoms in total. The third-order valence-electron chi connectivity index (χ3n) is 4.15. The number of aromatic nitrogens is 1. The molecule has 156 valence electrons. The van der Waals surface area contributed by atoms with Gasteiger partial charge in [0.15, 0.2) is 5.96 Å². The molecule has 0 atom stereocenters. The minimum Gasteiger partial charge on any atom is -0.444 e. The number of hydrogen-bond acceptors (Lipinski definition) is 4. The van der Waals surface area contributed by atoms with E-state index in [9.17, 15) is 0 Å². The van der Waals surface area contributed by atoms with Crippen LogP contribution in [0.15, 0.2) is 39.9 Å². The fourth-order valence-electron chi connectivity index (χ4n) is 2.51. The average Bonchev–Trinajstić information content (AvgIpc) is 3.15. The minimum absolute atomic E-state index is 0. The van der Waals surface area contributed by atoms with Gasteiger partial charge in [-0.2, -0.15) is 0 Å². The average molecular weight is 500 g/mol. The predicted octanol–water partition coefficient (Wildman–Crippen LogP) is 4.18. The van der Waals surface area contributed by atoms with E-state index in [1.54, 1.807) is 13.3 Å². The van der Waals surface area contributed by atoms with Crippen LogP contribution in [0.25, 0.3) is 11.5 Å². The highest BCUT2D eigenvalue weighted by Gasteiger charge is 2.06. The number of aryl methyl sites for hydroxylation is 1. The first-order valence-electron chi connectivity index (χ1n) is 9.76. The zero-order chi connectivity index (χ0) is 19.3. The maximum atomic E-state index is 5.60. The van der Waals surface area contributed by atoms with E-state index in [-0.39, 0.29) is 24.0 Å². The number of nitrogens with one attached hydrogen (secondary N) is 2. The van der Waals surface area contributed by atoms with Gasteiger partial charge in [-0.15, -0.1) is 24.0 Å². The van der Waals surface area contributed by atoms with Gasteiger partial charge in [0.05, 0.1) is 5.69 Å². The third-order valence-corrected chi connectivity index (χ3v) is 4.15. The van der Waals surface area contributed by atoms with Crippen LogP contribution >= 0.6 is 24.0 Å². The summed E-state index contributed by atoms with van der Waals surface area (Å²) in [5.41, 5.74) is 3.15. The lowest BCUT2D eigenvalue weighted by Crippen LogP contribution is -2.39. The van der Waals surface area contributed by atoms with Crippen molar-refractivity contribution >= 4 is 29.9 Å². The summed E-state index contributed by atoms with van der Waals surface area (Å²) in [6.45, 7) is 7.45. The number of hydrogen-bond donors (Lipinski definition) is 2. The molecule has 0 spiro atoms. The van der Waals surface area contributed by atoms with Crippen LogP contribution in [0.3, 0.4) is 0 Å². The summed E-state index contributed by atoms with van der Waals surface area (Å²) in [6.07, 6.45) is 5.77. The van der Waals surface area contributed by atoms with Crippen LogP contribution in [0, 0.1) is 6.92 Å². The lowest BCUT2D eigenvalue weighted by Gasteiger charge is -2.11. The van der Waals surface area contributed by atoms with E-state index in [1.165, 1.54) is 12.0 Å². The summed E-state index contributed by atoms with van der Waals surface area (Å²) >= 11 is 0. The van der Waals surface area contributed by atoms with E-state index in [4.69, 9.17) is 9.15 Å². The summed E-state index contributed by atoms with van der Waals surface area (Å²) in [4.78, 5) is 8.80. The summed E-state index contributed by atoms with van der Waals surface area (Å²) in [6, 6.07) is 8.18. The van der Waals surface area contributed by atoms with E-state index in [2.05, 4.69) is 46.6 Å². The Labute approximate surface area is 185 Å². The predicted molar refractivity (Wildman–Crippen MR) is 126 cm³/mol. The van der Waals surface area contributed by atoms with Crippen LogP contribution < -0.4 is 10.6 Å². The number of aliphatic imine (C=N–C) groups is 1. The first kappa shape index (κ1) is 24.4. The van der Waals surface area contributed by atoms with E-state index in [0.717, 1.165) is 62.8 Å². The fourth-order valence-corrected chi connectivity index (χ4v) is 2.51. The molecular formula is C21H33IN4O2. The summed E-state index contributed by atoms with van der Waals surface area (Å²) < 4.78 is 11.2. The standard InChI is InChI=1S/C21H32N4O2.HI/c1-4-5-14-26-15-6-12-23-21(22-3)24-13-11-19-16-27-20(25-19)18-9-7-17(2)8-10-18;/h7-10,16H,4-6,11-15H2,1-3H3,(H2,22,23,24);1H. The van der Waals surface area contributed by atoms with Crippen molar-refractivity contribution in [2.24, 2.45) is 4.99 Å². The molecular weight excluding hydrogens is 467 g/mol. The first-order valence-corrected chi connectivity index (χ1v) is 9.76. The third kappa shape index (κ3) is 9.05. The maximum absolute atomic E-state index is 5.60. The van der Waals surface area contributed by atoms with Gasteiger partial charge in [-0.05, 0) is 31.9 Å². The molecule has 0 aliphatic heterocycles. The highest BCUT2D eigenvalue weighted by Crippen LogP contribution is 2.19. The molecule has 0 aliphatic carbocycles. The molecule has 0 amide bonds. The smallest absolute Gasteiger partial charge is 0.226 e. The van der Waals surface area contributed by atoms with Crippen LogP contribution in [-0.4, -0.2) is 44.3 Å². The number of halogens is 1. The summed E-state index contributed by atoms with van der Waals surface area (Å²) in [5.74, 6) is 1.46. The molecule has 0 unspecified atom stereocenters. The lowest BCUT2D eigenvalue weighted by atomic mass is 10.1. The number of oxazole rings is 1. The quantitative estimate of drug-likeness (QED) is 0.210. The molecule has 2 aromatic rings. The lowest BCUT2D eigenvalue weighted by molar-refractivity contribution is 0.129. The molecule has 0 bridgehead atoms. The summed E-state index contributed by atoms with van der Waals surface area (Å²) in [5, 5.41) is 6.60. The normalized spacial score (nSPS) is 11.2. The van der Waals surface area contributed by atoms with Crippen LogP contribution in [0.2, 0.25) is 0 Å². The molecule has 0 saturated carbocycles. The van der Waals surface area contributed by atoms with Crippen molar-refractivity contribution in [3.63, 3.8) is 0 Å². The van der Waals surface area contributed by atoms with Crippen molar-refractivity contribution in [1.82, 2.24) is 15.6 Å². The van der Waals surface area contributed by atoms with Crippen molar-refractivity contribution in [1.29, 1.82) is 0 Å². The Morgan fingerprint density at radius 2 is 1.82 bits per heavy atom. The Balaban J connectivity index is 0.00000392. The first-order chi connectivity index (χ1) is 13.2. The molecule has 1 heterocycles. The number of rotatable bonds is 11. The van der Waals surface area contributed by atoms with E-state index in [1.807, 2.05) is 12.1 Å². The van der Waals surface area contributed by atoms with Gasteiger partial charge < -0.3 is 19.8 Å². The molecule has 7 heteroatoms. The van der Waals surface area contributed by atoms with E-state index >= 15 is 0 Å². The summed E-state index contributed by atoms with van der Waals surface area (Å²) in [7, 11) is 1.78. The Bertz CT molecular complexity index is 686. The van der Waals surface area contributed by atoms with Gasteiger partial charge in [-0.1, -0.05) is 31.0 Å². The second-order valence-electron chi connectivity index (χ2n) is 6.51. The molecule has 0 radical (unpaired) electrons. The molecule has 0 saturated heterocycles. The van der Waals surface area contributed by atoms with Gasteiger partial charge in [-0.3, -0.25) is 4.99 Å². The largest absolute Gasteiger partial charge is 0.444 e. The minimum atomic E-state index is 0. The van der Waals surface area contributed by atoms with Gasteiger partial charge in [0.1, 0.15) is 6.26 Å². The number of unbranched alkanes of at least 4 members (excludes halogenated alkanes) is 1. The van der Waals surface area contributed by atoms with Gasteiger partial charge >= 0.3 is 0 Å². The molecule has 2 rings (SSSR count). The van der Waals surface area contributed by atoms with Gasteiger partial charge in [-0.25, -0.2) is 4.98 Å². The molecule has 1 aromatic carbocycles.